The summed E-state index contributed by atoms with van der Waals surface area (Å²) in [4.78, 5) is 8.01. The van der Waals surface area contributed by atoms with E-state index in [2.05, 4.69) is 25.8 Å². The molecule has 0 spiro atoms. The molecule has 0 amide bonds. The Labute approximate surface area is 131 Å². The van der Waals surface area contributed by atoms with Crippen LogP contribution in [-0.2, 0) is 6.54 Å². The lowest BCUT2D eigenvalue weighted by Crippen LogP contribution is -2.32. The van der Waals surface area contributed by atoms with Crippen LogP contribution in [0.1, 0.15) is 11.3 Å². The quantitative estimate of drug-likeness (QED) is 0.458. The smallest absolute Gasteiger partial charge is 0.209 e. The van der Waals surface area contributed by atoms with E-state index in [0.29, 0.717) is 22.2 Å². The lowest BCUT2D eigenvalue weighted by Gasteiger charge is -2.06. The number of nitrogens with one attached hydrogen (secondary N) is 3. The number of hydrogen-bond acceptors (Lipinski definition) is 4. The zero-order valence-electron chi connectivity index (χ0n) is 10.8. The van der Waals surface area contributed by atoms with Crippen LogP contribution in [0.2, 0.25) is 10.0 Å². The van der Waals surface area contributed by atoms with Crippen molar-refractivity contribution >= 4 is 35.4 Å². The van der Waals surface area contributed by atoms with Gasteiger partial charge in [0.15, 0.2) is 0 Å². The fraction of sp³-hybridized carbons (Fsp3) is 0.0769. The van der Waals surface area contributed by atoms with Crippen LogP contribution in [0.25, 0.3) is 0 Å². The largest absolute Gasteiger partial charge is 0.349 e. The molecule has 1 aromatic carbocycles. The van der Waals surface area contributed by atoms with Gasteiger partial charge in [-0.15, -0.1) is 0 Å². The van der Waals surface area contributed by atoms with E-state index < -0.39 is 0 Å². The predicted octanol–water partition coefficient (Wildman–Crippen LogP) is 2.43. The minimum Gasteiger partial charge on any atom is -0.349 e. The summed E-state index contributed by atoms with van der Waals surface area (Å²) in [5.41, 5.74) is 3.85. The van der Waals surface area contributed by atoms with Gasteiger partial charge in [-0.25, -0.2) is 5.43 Å². The summed E-state index contributed by atoms with van der Waals surface area (Å²) in [5.74, 6) is 0.0279. The molecule has 0 radical (unpaired) electrons. The first-order chi connectivity index (χ1) is 10.2. The van der Waals surface area contributed by atoms with Crippen molar-refractivity contribution in [1.29, 1.82) is 5.41 Å². The Morgan fingerprint density at radius 3 is 2.71 bits per heavy atom. The first kappa shape index (κ1) is 15.2. The van der Waals surface area contributed by atoms with Crippen LogP contribution in [-0.4, -0.2) is 22.1 Å². The summed E-state index contributed by atoms with van der Waals surface area (Å²) < 4.78 is 0. The normalized spacial score (nSPS) is 10.6. The van der Waals surface area contributed by atoms with Gasteiger partial charge in [0.1, 0.15) is 0 Å². The van der Waals surface area contributed by atoms with E-state index in [4.69, 9.17) is 28.6 Å². The van der Waals surface area contributed by atoms with E-state index in [1.165, 1.54) is 6.21 Å². The molecule has 0 atom stereocenters. The third kappa shape index (κ3) is 4.70. The Bertz CT molecular complexity index is 624. The molecule has 0 bridgehead atoms. The molecular weight excluding hydrogens is 311 g/mol. The molecular formula is C13H12Cl2N6. The number of benzene rings is 1. The Balaban J connectivity index is 1.85. The number of guanidine groups is 1. The standard InChI is InChI=1S/C13H12Cl2N6/c14-11-2-1-3-12(15)10(11)8-20-21-13(16)19-7-9-6-17-4-5-18-9/h1-6,8H,7H2,(H3,16,19,21). The van der Waals surface area contributed by atoms with Crippen LogP contribution >= 0.6 is 23.2 Å². The molecule has 3 N–H and O–H groups in total. The van der Waals surface area contributed by atoms with E-state index in [9.17, 15) is 0 Å². The van der Waals surface area contributed by atoms with Gasteiger partial charge >= 0.3 is 0 Å². The van der Waals surface area contributed by atoms with E-state index in [1.807, 2.05) is 0 Å². The molecule has 0 aliphatic rings. The lowest BCUT2D eigenvalue weighted by atomic mass is 10.2. The Morgan fingerprint density at radius 2 is 2.05 bits per heavy atom. The van der Waals surface area contributed by atoms with Crippen molar-refractivity contribution in [3.63, 3.8) is 0 Å². The van der Waals surface area contributed by atoms with Crippen molar-refractivity contribution in [3.8, 4) is 0 Å². The molecule has 0 unspecified atom stereocenters. The molecule has 8 heteroatoms. The Kier molecular flexibility index (Phi) is 5.48. The second kappa shape index (κ2) is 7.56. The maximum atomic E-state index is 7.66. The molecule has 0 aliphatic carbocycles. The molecule has 0 saturated heterocycles. The van der Waals surface area contributed by atoms with Crippen molar-refractivity contribution in [3.05, 3.63) is 58.1 Å². The highest BCUT2D eigenvalue weighted by molar-refractivity contribution is 6.38. The van der Waals surface area contributed by atoms with Gasteiger partial charge in [0, 0.05) is 18.0 Å². The maximum Gasteiger partial charge on any atom is 0.209 e. The molecule has 2 rings (SSSR count). The Hall–Kier alpha value is -2.18. The number of rotatable bonds is 4. The van der Waals surface area contributed by atoms with Crippen LogP contribution in [0.4, 0.5) is 0 Å². The summed E-state index contributed by atoms with van der Waals surface area (Å²) in [6.45, 7) is 0.377. The van der Waals surface area contributed by atoms with Gasteiger partial charge in [-0.05, 0) is 12.1 Å². The van der Waals surface area contributed by atoms with Crippen molar-refractivity contribution in [2.45, 2.75) is 6.54 Å². The average molecular weight is 323 g/mol. The Morgan fingerprint density at radius 1 is 1.29 bits per heavy atom. The van der Waals surface area contributed by atoms with Gasteiger partial charge in [0.25, 0.3) is 0 Å². The molecule has 1 heterocycles. The van der Waals surface area contributed by atoms with E-state index in [0.717, 1.165) is 5.69 Å². The number of hydrogen-bond donors (Lipinski definition) is 3. The fourth-order valence-electron chi connectivity index (χ4n) is 1.44. The second-order valence-electron chi connectivity index (χ2n) is 3.93. The zero-order chi connectivity index (χ0) is 15.1. The van der Waals surface area contributed by atoms with Gasteiger partial charge in [-0.1, -0.05) is 29.3 Å². The van der Waals surface area contributed by atoms with Gasteiger partial charge in [-0.2, -0.15) is 5.10 Å². The minimum atomic E-state index is 0.0279. The van der Waals surface area contributed by atoms with Crippen LogP contribution in [0.3, 0.4) is 0 Å². The first-order valence-electron chi connectivity index (χ1n) is 5.97. The summed E-state index contributed by atoms with van der Waals surface area (Å²) in [6.07, 6.45) is 6.26. The second-order valence-corrected chi connectivity index (χ2v) is 4.75. The van der Waals surface area contributed by atoms with Gasteiger partial charge in [0.2, 0.25) is 5.96 Å². The topological polar surface area (TPSA) is 86.0 Å². The van der Waals surface area contributed by atoms with E-state index >= 15 is 0 Å². The number of halogens is 2. The summed E-state index contributed by atoms with van der Waals surface area (Å²) in [5, 5.41) is 15.4. The fourth-order valence-corrected chi connectivity index (χ4v) is 1.93. The predicted molar refractivity (Wildman–Crippen MR) is 83.8 cm³/mol. The molecule has 1 aromatic heterocycles. The molecule has 0 aliphatic heterocycles. The summed E-state index contributed by atoms with van der Waals surface area (Å²) in [7, 11) is 0. The van der Waals surface area contributed by atoms with Crippen LogP contribution < -0.4 is 10.7 Å². The van der Waals surface area contributed by atoms with E-state index in [-0.39, 0.29) is 5.96 Å². The van der Waals surface area contributed by atoms with Crippen LogP contribution in [0.5, 0.6) is 0 Å². The van der Waals surface area contributed by atoms with Crippen molar-refractivity contribution in [2.75, 3.05) is 0 Å². The van der Waals surface area contributed by atoms with Crippen molar-refractivity contribution in [1.82, 2.24) is 20.7 Å². The van der Waals surface area contributed by atoms with Crippen molar-refractivity contribution in [2.24, 2.45) is 5.10 Å². The van der Waals surface area contributed by atoms with Gasteiger partial charge in [0.05, 0.1) is 34.7 Å². The molecule has 0 saturated carbocycles. The highest BCUT2D eigenvalue weighted by atomic mass is 35.5. The minimum absolute atomic E-state index is 0.0279. The molecule has 0 fully saturated rings. The number of aromatic nitrogens is 2. The number of nitrogens with zero attached hydrogens (tertiary/aromatic N) is 3. The van der Waals surface area contributed by atoms with E-state index in [1.54, 1.807) is 36.8 Å². The monoisotopic (exact) mass is 322 g/mol. The van der Waals surface area contributed by atoms with Crippen molar-refractivity contribution < 1.29 is 0 Å². The SMILES string of the molecule is N=C(NCc1cnccn1)NN=Cc1c(Cl)cccc1Cl. The number of hydrazone groups is 1. The van der Waals surface area contributed by atoms with Gasteiger partial charge < -0.3 is 5.32 Å². The van der Waals surface area contributed by atoms with Crippen LogP contribution in [0, 0.1) is 5.41 Å². The lowest BCUT2D eigenvalue weighted by molar-refractivity contribution is 0.809. The van der Waals surface area contributed by atoms with Gasteiger partial charge in [-0.3, -0.25) is 15.4 Å². The summed E-state index contributed by atoms with van der Waals surface area (Å²) in [6, 6.07) is 5.18. The zero-order valence-corrected chi connectivity index (χ0v) is 12.4. The highest BCUT2D eigenvalue weighted by Crippen LogP contribution is 2.21. The third-order valence-electron chi connectivity index (χ3n) is 2.43. The summed E-state index contributed by atoms with van der Waals surface area (Å²) >= 11 is 12.0. The highest BCUT2D eigenvalue weighted by Gasteiger charge is 2.02. The molecule has 21 heavy (non-hydrogen) atoms. The molecule has 2 aromatic rings. The maximum absolute atomic E-state index is 7.66. The molecule has 6 nitrogen and oxygen atoms in total. The first-order valence-corrected chi connectivity index (χ1v) is 6.73. The molecule has 108 valence electrons. The third-order valence-corrected chi connectivity index (χ3v) is 3.09. The average Bonchev–Trinajstić information content (AvgIpc) is 2.49. The van der Waals surface area contributed by atoms with Crippen LogP contribution in [0.15, 0.2) is 41.9 Å².